The Kier molecular flexibility index (Phi) is 3.03. The molecule has 0 spiro atoms. The van der Waals surface area contributed by atoms with Crippen molar-refractivity contribution >= 4 is 11.5 Å². The molecule has 4 heteroatoms. The third kappa shape index (κ3) is 1.74. The summed E-state index contributed by atoms with van der Waals surface area (Å²) in [7, 11) is 1.69. The van der Waals surface area contributed by atoms with Crippen molar-refractivity contribution in [3.8, 4) is 0 Å². The van der Waals surface area contributed by atoms with E-state index in [0.29, 0.717) is 18.5 Å². The smallest absolute Gasteiger partial charge is 0.258 e. The number of hydrogen-bond acceptors (Lipinski definition) is 3. The van der Waals surface area contributed by atoms with Gasteiger partial charge >= 0.3 is 0 Å². The van der Waals surface area contributed by atoms with Gasteiger partial charge in [0.1, 0.15) is 0 Å². The van der Waals surface area contributed by atoms with Crippen LogP contribution in [-0.4, -0.2) is 24.4 Å². The standard InChI is InChI=1S/C14H16N2O2/c1-10(2)11-5-4-6-12(9-11)14(15-18)7-8-16(3)13(14)17/h4-6,9H,1,7-8H2,2-3H3/t14-/m1/s1. The van der Waals surface area contributed by atoms with Gasteiger partial charge in [-0.05, 0) is 29.3 Å². The molecule has 2 rings (SSSR count). The van der Waals surface area contributed by atoms with Crippen LogP contribution in [0.1, 0.15) is 24.5 Å². The minimum atomic E-state index is -1.25. The highest BCUT2D eigenvalue weighted by atomic mass is 16.3. The highest BCUT2D eigenvalue weighted by molar-refractivity contribution is 5.90. The summed E-state index contributed by atoms with van der Waals surface area (Å²) in [5.41, 5.74) is 1.24. The molecule has 1 atom stereocenters. The Balaban J connectivity index is 2.52. The quantitative estimate of drug-likeness (QED) is 0.767. The molecule has 1 saturated heterocycles. The van der Waals surface area contributed by atoms with Crippen molar-refractivity contribution in [1.29, 1.82) is 0 Å². The molecule has 1 aromatic rings. The average Bonchev–Trinajstić information content (AvgIpc) is 2.67. The molecular formula is C14H16N2O2. The van der Waals surface area contributed by atoms with Crippen LogP contribution < -0.4 is 0 Å². The largest absolute Gasteiger partial charge is 0.343 e. The Bertz CT molecular complexity index is 524. The molecule has 1 aliphatic heterocycles. The van der Waals surface area contributed by atoms with Crippen molar-refractivity contribution in [2.24, 2.45) is 5.18 Å². The van der Waals surface area contributed by atoms with Gasteiger partial charge in [-0.3, -0.25) is 4.79 Å². The monoisotopic (exact) mass is 244 g/mol. The van der Waals surface area contributed by atoms with Crippen LogP contribution in [0, 0.1) is 4.91 Å². The van der Waals surface area contributed by atoms with Crippen LogP contribution in [0.2, 0.25) is 0 Å². The molecule has 1 amide bonds. The van der Waals surface area contributed by atoms with Gasteiger partial charge in [0.15, 0.2) is 0 Å². The van der Waals surface area contributed by atoms with E-state index in [-0.39, 0.29) is 5.91 Å². The lowest BCUT2D eigenvalue weighted by atomic mass is 9.87. The van der Waals surface area contributed by atoms with Crippen LogP contribution in [0.4, 0.5) is 0 Å². The van der Waals surface area contributed by atoms with Crippen molar-refractivity contribution in [2.75, 3.05) is 13.6 Å². The van der Waals surface area contributed by atoms with Crippen LogP contribution >= 0.6 is 0 Å². The fourth-order valence-corrected chi connectivity index (χ4v) is 2.30. The van der Waals surface area contributed by atoms with Crippen LogP contribution in [-0.2, 0) is 10.3 Å². The summed E-state index contributed by atoms with van der Waals surface area (Å²) in [4.78, 5) is 24.9. The summed E-state index contributed by atoms with van der Waals surface area (Å²) in [5.74, 6) is -0.226. The number of carbonyl (C=O) groups excluding carboxylic acids is 1. The van der Waals surface area contributed by atoms with E-state index in [9.17, 15) is 9.70 Å². The van der Waals surface area contributed by atoms with E-state index in [2.05, 4.69) is 11.8 Å². The van der Waals surface area contributed by atoms with Crippen molar-refractivity contribution in [1.82, 2.24) is 4.90 Å². The molecule has 18 heavy (non-hydrogen) atoms. The molecule has 0 saturated carbocycles. The zero-order valence-electron chi connectivity index (χ0n) is 10.6. The Morgan fingerprint density at radius 1 is 1.50 bits per heavy atom. The molecule has 1 heterocycles. The maximum atomic E-state index is 12.1. The van der Waals surface area contributed by atoms with Gasteiger partial charge < -0.3 is 4.90 Å². The van der Waals surface area contributed by atoms with Crippen molar-refractivity contribution in [3.05, 3.63) is 46.9 Å². The van der Waals surface area contributed by atoms with E-state index in [0.717, 1.165) is 11.1 Å². The molecule has 0 unspecified atom stereocenters. The first kappa shape index (κ1) is 12.5. The maximum absolute atomic E-state index is 12.1. The second kappa shape index (κ2) is 4.37. The lowest BCUT2D eigenvalue weighted by Crippen LogP contribution is -2.34. The molecule has 0 N–H and O–H groups in total. The summed E-state index contributed by atoms with van der Waals surface area (Å²) in [6, 6.07) is 7.36. The van der Waals surface area contributed by atoms with Crippen molar-refractivity contribution in [2.45, 2.75) is 18.9 Å². The van der Waals surface area contributed by atoms with Crippen LogP contribution in [0.3, 0.4) is 0 Å². The molecule has 94 valence electrons. The third-order valence-corrected chi connectivity index (χ3v) is 3.50. The van der Waals surface area contributed by atoms with E-state index in [1.165, 1.54) is 0 Å². The van der Waals surface area contributed by atoms with Gasteiger partial charge in [0.05, 0.1) is 0 Å². The number of benzene rings is 1. The van der Waals surface area contributed by atoms with Crippen molar-refractivity contribution in [3.63, 3.8) is 0 Å². The first-order chi connectivity index (χ1) is 8.51. The van der Waals surface area contributed by atoms with Gasteiger partial charge in [0, 0.05) is 20.0 Å². The number of hydrogen-bond donors (Lipinski definition) is 0. The molecule has 0 aromatic heterocycles. The summed E-state index contributed by atoms with van der Waals surface area (Å²) >= 11 is 0. The number of allylic oxidation sites excluding steroid dienone is 1. The predicted molar refractivity (Wildman–Crippen MR) is 70.9 cm³/mol. The molecule has 1 fully saturated rings. The fraction of sp³-hybridized carbons (Fsp3) is 0.357. The van der Waals surface area contributed by atoms with Gasteiger partial charge in [-0.25, -0.2) is 0 Å². The number of rotatable bonds is 3. The summed E-state index contributed by atoms with van der Waals surface area (Å²) < 4.78 is 0. The first-order valence-electron chi connectivity index (χ1n) is 5.88. The van der Waals surface area contributed by atoms with Gasteiger partial charge in [-0.2, -0.15) is 0 Å². The maximum Gasteiger partial charge on any atom is 0.258 e. The fourth-order valence-electron chi connectivity index (χ4n) is 2.30. The summed E-state index contributed by atoms with van der Waals surface area (Å²) in [6.07, 6.45) is 0.436. The Hall–Kier alpha value is -1.97. The van der Waals surface area contributed by atoms with E-state index >= 15 is 0 Å². The average molecular weight is 244 g/mol. The lowest BCUT2D eigenvalue weighted by Gasteiger charge is -2.20. The zero-order valence-corrected chi connectivity index (χ0v) is 10.6. The number of nitroso groups, excluding NO2 is 1. The molecule has 0 radical (unpaired) electrons. The lowest BCUT2D eigenvalue weighted by molar-refractivity contribution is -0.131. The van der Waals surface area contributed by atoms with E-state index < -0.39 is 5.54 Å². The molecular weight excluding hydrogens is 228 g/mol. The Labute approximate surface area is 106 Å². The van der Waals surface area contributed by atoms with Crippen LogP contribution in [0.15, 0.2) is 36.0 Å². The highest BCUT2D eigenvalue weighted by Crippen LogP contribution is 2.37. The third-order valence-electron chi connectivity index (χ3n) is 3.50. The number of likely N-dealkylation sites (N-methyl/N-ethyl adjacent to an activating group) is 1. The van der Waals surface area contributed by atoms with E-state index in [1.807, 2.05) is 25.1 Å². The second-order valence-corrected chi connectivity index (χ2v) is 4.79. The molecule has 0 bridgehead atoms. The minimum absolute atomic E-state index is 0.226. The summed E-state index contributed by atoms with van der Waals surface area (Å²) in [5, 5.41) is 3.15. The number of nitrogens with zero attached hydrogens (tertiary/aromatic N) is 2. The van der Waals surface area contributed by atoms with E-state index in [4.69, 9.17) is 0 Å². The number of carbonyl (C=O) groups is 1. The van der Waals surface area contributed by atoms with Gasteiger partial charge in [-0.1, -0.05) is 30.4 Å². The van der Waals surface area contributed by atoms with Gasteiger partial charge in [0.25, 0.3) is 5.91 Å². The van der Waals surface area contributed by atoms with Crippen LogP contribution in [0.5, 0.6) is 0 Å². The normalized spacial score (nSPS) is 23.2. The molecule has 1 aliphatic rings. The van der Waals surface area contributed by atoms with E-state index in [1.54, 1.807) is 18.0 Å². The zero-order chi connectivity index (χ0) is 13.3. The number of amides is 1. The Morgan fingerprint density at radius 3 is 2.72 bits per heavy atom. The Morgan fingerprint density at radius 2 is 2.22 bits per heavy atom. The first-order valence-corrected chi connectivity index (χ1v) is 5.88. The second-order valence-electron chi connectivity index (χ2n) is 4.79. The molecule has 4 nitrogen and oxygen atoms in total. The van der Waals surface area contributed by atoms with Crippen LogP contribution in [0.25, 0.3) is 5.57 Å². The van der Waals surface area contributed by atoms with Gasteiger partial charge in [0.2, 0.25) is 5.54 Å². The highest BCUT2D eigenvalue weighted by Gasteiger charge is 2.48. The SMILES string of the molecule is C=C(C)c1cccc([C@]2(N=O)CCN(C)C2=O)c1. The predicted octanol–water partition coefficient (Wildman–Crippen LogP) is 2.54. The summed E-state index contributed by atoms with van der Waals surface area (Å²) in [6.45, 7) is 6.32. The van der Waals surface area contributed by atoms with Gasteiger partial charge in [-0.15, -0.1) is 4.91 Å². The molecule has 1 aromatic carbocycles. The minimum Gasteiger partial charge on any atom is -0.343 e. The van der Waals surface area contributed by atoms with Crippen molar-refractivity contribution < 1.29 is 4.79 Å². The number of likely N-dealkylation sites (tertiary alicyclic amines) is 1. The molecule has 0 aliphatic carbocycles. The topological polar surface area (TPSA) is 49.7 Å².